The van der Waals surface area contributed by atoms with Gasteiger partial charge in [-0.15, -0.1) is 5.10 Å². The van der Waals surface area contributed by atoms with Gasteiger partial charge in [-0.25, -0.2) is 13.9 Å². The second kappa shape index (κ2) is 7.42. The molecule has 29 heavy (non-hydrogen) atoms. The topological polar surface area (TPSA) is 95.5 Å². The lowest BCUT2D eigenvalue weighted by molar-refractivity contribution is -0.169. The quantitative estimate of drug-likeness (QED) is 0.749. The summed E-state index contributed by atoms with van der Waals surface area (Å²) in [5.74, 6) is -3.82. The molecule has 0 aromatic carbocycles. The summed E-state index contributed by atoms with van der Waals surface area (Å²) in [7, 11) is 0. The molecule has 0 radical (unpaired) electrons. The van der Waals surface area contributed by atoms with Crippen LogP contribution in [0, 0.1) is 23.1 Å². The fourth-order valence-electron chi connectivity index (χ4n) is 3.97. The van der Waals surface area contributed by atoms with Crippen LogP contribution in [0.4, 0.5) is 23.5 Å². The van der Waals surface area contributed by atoms with Gasteiger partial charge in [0.05, 0.1) is 30.6 Å². The van der Waals surface area contributed by atoms with Gasteiger partial charge in [0.2, 0.25) is 5.95 Å². The molecule has 4 rings (SSSR count). The molecule has 1 unspecified atom stereocenters. The first-order chi connectivity index (χ1) is 13.8. The van der Waals surface area contributed by atoms with Crippen molar-refractivity contribution < 1.29 is 27.4 Å². The van der Waals surface area contributed by atoms with Gasteiger partial charge in [0.1, 0.15) is 23.1 Å². The lowest BCUT2D eigenvalue weighted by Crippen LogP contribution is -2.42. The Hall–Kier alpha value is -2.45. The van der Waals surface area contributed by atoms with Crippen LogP contribution in [0.3, 0.4) is 0 Å². The normalized spacial score (nSPS) is 24.1. The number of hydrogen-bond donors (Lipinski definition) is 2. The predicted molar refractivity (Wildman–Crippen MR) is 92.7 cm³/mol. The third kappa shape index (κ3) is 3.51. The van der Waals surface area contributed by atoms with Crippen molar-refractivity contribution in [1.29, 1.82) is 5.26 Å². The van der Waals surface area contributed by atoms with E-state index < -0.39 is 47.2 Å². The molecule has 1 aliphatic heterocycles. The lowest BCUT2D eigenvalue weighted by atomic mass is 9.73. The molecule has 1 saturated carbocycles. The molecule has 3 atom stereocenters. The van der Waals surface area contributed by atoms with Crippen LogP contribution in [-0.4, -0.2) is 51.2 Å². The monoisotopic (exact) mass is 413 g/mol. The van der Waals surface area contributed by atoms with Crippen molar-refractivity contribution in [3.63, 3.8) is 0 Å². The Labute approximate surface area is 163 Å². The first kappa shape index (κ1) is 19.8. The van der Waals surface area contributed by atoms with E-state index in [-0.39, 0.29) is 18.1 Å². The Kier molecular flexibility index (Phi) is 5.08. The van der Waals surface area contributed by atoms with E-state index in [1.807, 2.05) is 0 Å². The van der Waals surface area contributed by atoms with E-state index in [9.17, 15) is 27.9 Å². The highest BCUT2D eigenvalue weighted by atomic mass is 19.4. The molecule has 2 N–H and O–H groups in total. The molecule has 7 nitrogen and oxygen atoms in total. The highest BCUT2D eigenvalue weighted by Crippen LogP contribution is 2.49. The van der Waals surface area contributed by atoms with E-state index in [1.165, 1.54) is 0 Å². The number of ether oxygens (including phenoxy) is 1. The molecule has 1 aliphatic carbocycles. The van der Waals surface area contributed by atoms with Crippen LogP contribution in [0.1, 0.15) is 42.9 Å². The van der Waals surface area contributed by atoms with Crippen LogP contribution in [0.5, 0.6) is 0 Å². The molecule has 11 heteroatoms. The fraction of sp³-hybridized carbons (Fsp3) is 0.611. The van der Waals surface area contributed by atoms with Crippen molar-refractivity contribution in [3.8, 4) is 6.07 Å². The SMILES string of the molecule is N#Cc1c(F)c2cnc(N[C@@H]3CCOC[C@H]3O)nn2c1C(C1CCC1)C(F)(F)F. The molecule has 156 valence electrons. The summed E-state index contributed by atoms with van der Waals surface area (Å²) in [5, 5.41) is 26.3. The molecule has 2 aliphatic rings. The van der Waals surface area contributed by atoms with Crippen molar-refractivity contribution in [2.75, 3.05) is 18.5 Å². The molecule has 0 amide bonds. The molecule has 2 aromatic rings. The molecular formula is C18H19F4N5O2. The minimum absolute atomic E-state index is 0.0567. The van der Waals surface area contributed by atoms with E-state index in [4.69, 9.17) is 4.74 Å². The number of nitriles is 1. The zero-order chi connectivity index (χ0) is 20.8. The molecule has 1 saturated heterocycles. The maximum absolute atomic E-state index is 14.7. The number of alkyl halides is 3. The van der Waals surface area contributed by atoms with Gasteiger partial charge in [0, 0.05) is 6.61 Å². The highest BCUT2D eigenvalue weighted by Gasteiger charge is 2.50. The van der Waals surface area contributed by atoms with Gasteiger partial charge in [0.25, 0.3) is 0 Å². The van der Waals surface area contributed by atoms with E-state index in [0.29, 0.717) is 32.3 Å². The minimum Gasteiger partial charge on any atom is -0.389 e. The Bertz CT molecular complexity index is 950. The highest BCUT2D eigenvalue weighted by molar-refractivity contribution is 5.59. The van der Waals surface area contributed by atoms with Gasteiger partial charge in [-0.1, -0.05) is 6.42 Å². The zero-order valence-electron chi connectivity index (χ0n) is 15.3. The van der Waals surface area contributed by atoms with Crippen molar-refractivity contribution in [2.45, 2.75) is 49.9 Å². The summed E-state index contributed by atoms with van der Waals surface area (Å²) in [6, 6.07) is 1.12. The molecule has 0 bridgehead atoms. The second-order valence-electron chi connectivity index (χ2n) is 7.46. The van der Waals surface area contributed by atoms with Crippen molar-refractivity contribution in [2.24, 2.45) is 5.92 Å². The maximum Gasteiger partial charge on any atom is 0.397 e. The third-order valence-corrected chi connectivity index (χ3v) is 5.68. The number of hydrogen-bond acceptors (Lipinski definition) is 6. The van der Waals surface area contributed by atoms with Gasteiger partial charge in [0.15, 0.2) is 5.82 Å². The molecule has 2 aromatic heterocycles. The number of nitrogens with one attached hydrogen (secondary N) is 1. The van der Waals surface area contributed by atoms with Crippen molar-refractivity contribution >= 4 is 11.5 Å². The number of aromatic nitrogens is 3. The zero-order valence-corrected chi connectivity index (χ0v) is 15.3. The van der Waals surface area contributed by atoms with E-state index in [2.05, 4.69) is 15.4 Å². The largest absolute Gasteiger partial charge is 0.397 e. The predicted octanol–water partition coefficient (Wildman–Crippen LogP) is 2.75. The van der Waals surface area contributed by atoms with Gasteiger partial charge in [-0.3, -0.25) is 0 Å². The number of aliphatic hydroxyl groups excluding tert-OH is 1. The van der Waals surface area contributed by atoms with E-state index >= 15 is 0 Å². The van der Waals surface area contributed by atoms with Crippen molar-refractivity contribution in [3.05, 3.63) is 23.3 Å². The summed E-state index contributed by atoms with van der Waals surface area (Å²) in [5.41, 5.74) is -1.44. The van der Waals surface area contributed by atoms with Crippen molar-refractivity contribution in [1.82, 2.24) is 14.6 Å². The smallest absolute Gasteiger partial charge is 0.389 e. The number of halogens is 4. The summed E-state index contributed by atoms with van der Waals surface area (Å²) in [6.07, 6.45) is -2.61. The standard InChI is InChI=1S/C18H19F4N5O2/c19-15-10(6-23)16(14(18(20,21)22)9-2-1-3-9)27-12(15)7-24-17(26-27)25-11-4-5-29-8-13(11)28/h7,9,11,13-14,28H,1-5,8H2,(H,25,26)/t11-,13-,14?/m1/s1. The molecular weight excluding hydrogens is 394 g/mol. The van der Waals surface area contributed by atoms with Crippen LogP contribution in [0.15, 0.2) is 6.20 Å². The Balaban J connectivity index is 1.80. The number of anilines is 1. The number of rotatable bonds is 4. The summed E-state index contributed by atoms with van der Waals surface area (Å²) < 4.78 is 62.4. The molecule has 3 heterocycles. The average Bonchev–Trinajstić information content (AvgIpc) is 2.90. The third-order valence-electron chi connectivity index (χ3n) is 5.68. The van der Waals surface area contributed by atoms with Gasteiger partial charge in [-0.2, -0.15) is 18.4 Å². The Morgan fingerprint density at radius 2 is 2.10 bits per heavy atom. The first-order valence-electron chi connectivity index (χ1n) is 9.37. The Morgan fingerprint density at radius 1 is 1.34 bits per heavy atom. The van der Waals surface area contributed by atoms with Gasteiger partial charge >= 0.3 is 6.18 Å². The van der Waals surface area contributed by atoms with Crippen LogP contribution >= 0.6 is 0 Å². The number of fused-ring (bicyclic) bond motifs is 1. The van der Waals surface area contributed by atoms with Gasteiger partial charge < -0.3 is 15.2 Å². The average molecular weight is 413 g/mol. The summed E-state index contributed by atoms with van der Waals surface area (Å²) in [4.78, 5) is 3.96. The van der Waals surface area contributed by atoms with E-state index in [0.717, 1.165) is 10.7 Å². The lowest BCUT2D eigenvalue weighted by Gasteiger charge is -2.35. The Morgan fingerprint density at radius 3 is 2.69 bits per heavy atom. The maximum atomic E-state index is 14.7. The van der Waals surface area contributed by atoms with Crippen LogP contribution in [0.25, 0.3) is 5.52 Å². The summed E-state index contributed by atoms with van der Waals surface area (Å²) >= 11 is 0. The van der Waals surface area contributed by atoms with Crippen LogP contribution in [0.2, 0.25) is 0 Å². The summed E-state index contributed by atoms with van der Waals surface area (Å²) in [6.45, 7) is 0.510. The minimum atomic E-state index is -4.65. The first-order valence-corrected chi connectivity index (χ1v) is 9.37. The molecule has 2 fully saturated rings. The van der Waals surface area contributed by atoms with E-state index in [1.54, 1.807) is 6.07 Å². The van der Waals surface area contributed by atoms with Gasteiger partial charge in [-0.05, 0) is 25.2 Å². The second-order valence-corrected chi connectivity index (χ2v) is 7.46. The van der Waals surface area contributed by atoms with Crippen LogP contribution < -0.4 is 5.32 Å². The van der Waals surface area contributed by atoms with Crippen LogP contribution in [-0.2, 0) is 4.74 Å². The number of aliphatic hydroxyl groups is 1. The fourth-order valence-corrected chi connectivity index (χ4v) is 3.97. The molecule has 0 spiro atoms. The number of nitrogens with zero attached hydrogens (tertiary/aromatic N) is 4.